The number of nitrogens with one attached hydrogen (secondary N) is 1. The number of aliphatic carboxylic acids is 1. The molecule has 9 nitrogen and oxygen atoms in total. The second kappa shape index (κ2) is 11.0. The molecule has 1 rings (SSSR count). The average molecular weight is 344 g/mol. The predicted octanol–water partition coefficient (Wildman–Crippen LogP) is -1.21. The minimum Gasteiger partial charge on any atom is -0.480 e. The highest BCUT2D eigenvalue weighted by Gasteiger charge is 2.32. The molecule has 0 aromatic heterocycles. The molecule has 21 heavy (non-hydrogen) atoms. The van der Waals surface area contributed by atoms with Crippen LogP contribution in [-0.2, 0) is 18.9 Å². The Labute approximate surface area is 127 Å². The minimum atomic E-state index is -3.13. The van der Waals surface area contributed by atoms with Crippen LogP contribution in [0.3, 0.4) is 0 Å². The zero-order valence-electron chi connectivity index (χ0n) is 11.5. The van der Waals surface area contributed by atoms with Gasteiger partial charge in [-0.1, -0.05) is 0 Å². The molecule has 11 heteroatoms. The van der Waals surface area contributed by atoms with Crippen LogP contribution < -0.4 is 11.1 Å². The molecule has 0 aliphatic carbocycles. The fourth-order valence-corrected chi connectivity index (χ4v) is 2.09. The Morgan fingerprint density at radius 1 is 1.52 bits per heavy atom. The standard InChI is InChI=1S/C10H18N2O4S.H3O3P/c1-17-3-2-7(11)10(15)16-6-4-8(9(13)14)12-5-6;1-4(2)3/h6-8,12H,2-5,11H2,1H3,(H,13,14);4H,(H2,1,2,3)/t6-,7?,8+;/m1./s1. The largest absolute Gasteiger partial charge is 0.480 e. The second-order valence-electron chi connectivity index (χ2n) is 4.26. The molecule has 3 atom stereocenters. The number of carbonyl (C=O) groups is 2. The molecule has 6 N–H and O–H groups in total. The van der Waals surface area contributed by atoms with Gasteiger partial charge in [-0.05, 0) is 18.4 Å². The third-order valence-corrected chi connectivity index (χ3v) is 3.25. The Hall–Kier alpha value is -0.640. The maximum atomic E-state index is 11.5. The highest BCUT2D eigenvalue weighted by Crippen LogP contribution is 2.12. The normalized spacial score (nSPS) is 22.3. The summed E-state index contributed by atoms with van der Waals surface area (Å²) in [5.41, 5.74) is 5.65. The lowest BCUT2D eigenvalue weighted by molar-refractivity contribution is -0.150. The van der Waals surface area contributed by atoms with Gasteiger partial charge in [0.2, 0.25) is 0 Å². The topological polar surface area (TPSA) is 159 Å². The van der Waals surface area contributed by atoms with Gasteiger partial charge in [-0.25, -0.2) is 0 Å². The molecule has 1 unspecified atom stereocenters. The average Bonchev–Trinajstić information content (AvgIpc) is 2.83. The lowest BCUT2D eigenvalue weighted by Gasteiger charge is -2.15. The number of hydrogen-bond donors (Lipinski definition) is 5. The van der Waals surface area contributed by atoms with Crippen molar-refractivity contribution in [2.75, 3.05) is 18.6 Å². The molecule has 1 aliphatic rings. The summed E-state index contributed by atoms with van der Waals surface area (Å²) < 4.78 is 13.9. The number of thioether (sulfide) groups is 1. The predicted molar refractivity (Wildman–Crippen MR) is 78.3 cm³/mol. The lowest BCUT2D eigenvalue weighted by atomic mass is 10.2. The van der Waals surface area contributed by atoms with Crippen molar-refractivity contribution in [1.82, 2.24) is 5.32 Å². The molecule has 0 bridgehead atoms. The van der Waals surface area contributed by atoms with Crippen LogP contribution in [0, 0.1) is 0 Å². The summed E-state index contributed by atoms with van der Waals surface area (Å²) in [6.07, 6.45) is 2.43. The van der Waals surface area contributed by atoms with Crippen molar-refractivity contribution < 1.29 is 33.8 Å². The van der Waals surface area contributed by atoms with E-state index in [9.17, 15) is 9.59 Å². The van der Waals surface area contributed by atoms with E-state index in [1.807, 2.05) is 6.26 Å². The molecule has 0 aromatic rings. The van der Waals surface area contributed by atoms with E-state index in [2.05, 4.69) is 5.32 Å². The van der Waals surface area contributed by atoms with Gasteiger partial charge in [-0.2, -0.15) is 11.8 Å². The molecule has 124 valence electrons. The first kappa shape index (κ1) is 20.4. The molecule has 0 spiro atoms. The van der Waals surface area contributed by atoms with Crippen LogP contribution in [0.4, 0.5) is 0 Å². The van der Waals surface area contributed by atoms with E-state index in [0.29, 0.717) is 19.4 Å². The van der Waals surface area contributed by atoms with Gasteiger partial charge in [-0.15, -0.1) is 0 Å². The number of nitrogens with two attached hydrogens (primary N) is 1. The van der Waals surface area contributed by atoms with Gasteiger partial charge in [0.15, 0.2) is 0 Å². The summed E-state index contributed by atoms with van der Waals surface area (Å²) >= 11 is 1.62. The molecule has 0 saturated carbocycles. The summed E-state index contributed by atoms with van der Waals surface area (Å²) in [5, 5.41) is 11.5. The van der Waals surface area contributed by atoms with Crippen molar-refractivity contribution in [3.63, 3.8) is 0 Å². The van der Waals surface area contributed by atoms with E-state index in [1.54, 1.807) is 11.8 Å². The molecular weight excluding hydrogens is 323 g/mol. The number of carbonyl (C=O) groups excluding carboxylic acids is 1. The minimum absolute atomic E-state index is 0.302. The van der Waals surface area contributed by atoms with Crippen LogP contribution in [0.1, 0.15) is 12.8 Å². The molecular formula is C10H21N2O7PS. The smallest absolute Gasteiger partial charge is 0.323 e. The second-order valence-corrected chi connectivity index (χ2v) is 5.81. The van der Waals surface area contributed by atoms with Crippen LogP contribution >= 0.6 is 20.0 Å². The first-order valence-corrected chi connectivity index (χ1v) is 8.80. The maximum Gasteiger partial charge on any atom is 0.323 e. The van der Waals surface area contributed by atoms with Crippen molar-refractivity contribution in [2.45, 2.75) is 31.0 Å². The van der Waals surface area contributed by atoms with Gasteiger partial charge < -0.3 is 30.7 Å². The first-order valence-electron chi connectivity index (χ1n) is 6.11. The maximum absolute atomic E-state index is 11.5. The van der Waals surface area contributed by atoms with Gasteiger partial charge in [0.1, 0.15) is 18.2 Å². The molecule has 1 fully saturated rings. The first-order chi connectivity index (χ1) is 9.77. The lowest BCUT2D eigenvalue weighted by Crippen LogP contribution is -2.36. The number of carboxylic acids is 1. The summed E-state index contributed by atoms with van der Waals surface area (Å²) in [6.45, 7) is 0.373. The van der Waals surface area contributed by atoms with Crippen molar-refractivity contribution in [1.29, 1.82) is 0 Å². The monoisotopic (exact) mass is 344 g/mol. The molecule has 0 aromatic carbocycles. The van der Waals surface area contributed by atoms with Crippen molar-refractivity contribution in [3.05, 3.63) is 0 Å². The highest BCUT2D eigenvalue weighted by molar-refractivity contribution is 7.98. The van der Waals surface area contributed by atoms with E-state index < -0.39 is 32.3 Å². The fraction of sp³-hybridized carbons (Fsp3) is 0.800. The van der Waals surface area contributed by atoms with E-state index in [0.717, 1.165) is 5.75 Å². The number of hydrogen-bond acceptors (Lipinski definition) is 7. The Morgan fingerprint density at radius 3 is 2.52 bits per heavy atom. The summed E-state index contributed by atoms with van der Waals surface area (Å²) in [6, 6.07) is -1.25. The summed E-state index contributed by atoms with van der Waals surface area (Å²) in [4.78, 5) is 36.5. The van der Waals surface area contributed by atoms with Gasteiger partial charge in [0.25, 0.3) is 0 Å². The summed E-state index contributed by atoms with van der Waals surface area (Å²) in [5.74, 6) is -0.566. The third kappa shape index (κ3) is 9.83. The number of rotatable bonds is 6. The van der Waals surface area contributed by atoms with Crippen LogP contribution in [-0.4, -0.2) is 63.6 Å². The van der Waals surface area contributed by atoms with Crippen molar-refractivity contribution in [3.8, 4) is 0 Å². The van der Waals surface area contributed by atoms with Crippen LogP contribution in [0.15, 0.2) is 0 Å². The van der Waals surface area contributed by atoms with Crippen LogP contribution in [0.2, 0.25) is 0 Å². The summed E-state index contributed by atoms with van der Waals surface area (Å²) in [7, 11) is -3.13. The van der Waals surface area contributed by atoms with Gasteiger partial charge in [0, 0.05) is 13.0 Å². The van der Waals surface area contributed by atoms with Crippen molar-refractivity contribution in [2.24, 2.45) is 5.73 Å². The zero-order chi connectivity index (χ0) is 16.4. The van der Waals surface area contributed by atoms with Crippen molar-refractivity contribution >= 4 is 32.0 Å². The Bertz CT molecular complexity index is 367. The van der Waals surface area contributed by atoms with E-state index in [1.165, 1.54) is 0 Å². The van der Waals surface area contributed by atoms with E-state index in [4.69, 9.17) is 29.9 Å². The number of carboxylic acid groups (broad SMARTS) is 1. The van der Waals surface area contributed by atoms with E-state index >= 15 is 0 Å². The Morgan fingerprint density at radius 2 is 2.10 bits per heavy atom. The molecule has 1 saturated heterocycles. The SMILES string of the molecule is CSCCC(N)C(=O)O[C@H]1CN[C@H](C(=O)O)C1.O=[PH](O)O. The zero-order valence-corrected chi connectivity index (χ0v) is 13.3. The highest BCUT2D eigenvalue weighted by atomic mass is 32.2. The number of ether oxygens (including phenoxy) is 1. The number of esters is 1. The Balaban J connectivity index is 0.000000885. The van der Waals surface area contributed by atoms with Gasteiger partial charge in [-0.3, -0.25) is 14.2 Å². The van der Waals surface area contributed by atoms with Crippen LogP contribution in [0.25, 0.3) is 0 Å². The van der Waals surface area contributed by atoms with E-state index in [-0.39, 0.29) is 6.10 Å². The third-order valence-electron chi connectivity index (χ3n) is 2.61. The van der Waals surface area contributed by atoms with Gasteiger partial charge >= 0.3 is 20.2 Å². The molecule has 1 aliphatic heterocycles. The van der Waals surface area contributed by atoms with Crippen LogP contribution in [0.5, 0.6) is 0 Å². The molecule has 1 heterocycles. The van der Waals surface area contributed by atoms with Gasteiger partial charge in [0.05, 0.1) is 0 Å². The fourth-order valence-electron chi connectivity index (χ4n) is 1.60. The molecule has 0 amide bonds. The molecule has 0 radical (unpaired) electrons. The Kier molecular flexibility index (Phi) is 10.7. The quantitative estimate of drug-likeness (QED) is 0.292.